The topological polar surface area (TPSA) is 19.4 Å². The zero-order chi connectivity index (χ0) is 10.7. The molecule has 0 radical (unpaired) electrons. The van der Waals surface area contributed by atoms with Gasteiger partial charge in [0, 0.05) is 45.1 Å². The van der Waals surface area contributed by atoms with Crippen molar-refractivity contribution in [3.8, 4) is 0 Å². The smallest absolute Gasteiger partial charge is 0.0313 e. The van der Waals surface area contributed by atoms with Crippen LogP contribution in [0.2, 0.25) is 0 Å². The monoisotopic (exact) mass is 205 g/mol. The molecule has 3 nitrogen and oxygen atoms in total. The van der Waals surface area contributed by atoms with E-state index in [0.29, 0.717) is 0 Å². The van der Waals surface area contributed by atoms with Crippen LogP contribution in [-0.2, 0) is 6.54 Å². The zero-order valence-corrected chi connectivity index (χ0v) is 9.61. The summed E-state index contributed by atoms with van der Waals surface area (Å²) >= 11 is 0. The Morgan fingerprint density at radius 2 is 1.93 bits per heavy atom. The molecule has 0 unspecified atom stereocenters. The lowest BCUT2D eigenvalue weighted by molar-refractivity contribution is 0.148. The van der Waals surface area contributed by atoms with Crippen molar-refractivity contribution in [2.45, 2.75) is 13.5 Å². The second-order valence-electron chi connectivity index (χ2n) is 4.45. The molecule has 1 fully saturated rings. The number of pyridine rings is 1. The van der Waals surface area contributed by atoms with Gasteiger partial charge in [0.05, 0.1) is 0 Å². The van der Waals surface area contributed by atoms with Crippen LogP contribution in [0.4, 0.5) is 0 Å². The maximum absolute atomic E-state index is 4.23. The summed E-state index contributed by atoms with van der Waals surface area (Å²) < 4.78 is 0. The van der Waals surface area contributed by atoms with Crippen molar-refractivity contribution in [1.29, 1.82) is 0 Å². The molecule has 15 heavy (non-hydrogen) atoms. The molecule has 1 aromatic heterocycles. The molecule has 0 atom stereocenters. The number of nitrogens with zero attached hydrogens (tertiary/aromatic N) is 3. The number of likely N-dealkylation sites (N-methyl/N-ethyl adjacent to an activating group) is 1. The Balaban J connectivity index is 1.92. The van der Waals surface area contributed by atoms with E-state index in [0.717, 1.165) is 6.54 Å². The summed E-state index contributed by atoms with van der Waals surface area (Å²) in [6, 6.07) is 2.23. The van der Waals surface area contributed by atoms with Crippen molar-refractivity contribution in [3.63, 3.8) is 0 Å². The molecular formula is C12H19N3. The predicted octanol–water partition coefficient (Wildman–Crippen LogP) is 1.14. The Hall–Kier alpha value is -0.930. The molecule has 0 N–H and O–H groups in total. The standard InChI is InChI=1S/C12H19N3/c1-11-7-12(9-13-8-11)10-15-5-3-14(2)4-6-15/h7-9H,3-6,10H2,1-2H3. The third kappa shape index (κ3) is 3.01. The largest absolute Gasteiger partial charge is 0.304 e. The molecule has 1 aliphatic heterocycles. The summed E-state index contributed by atoms with van der Waals surface area (Å²) in [5.41, 5.74) is 2.58. The minimum atomic E-state index is 1.04. The lowest BCUT2D eigenvalue weighted by Gasteiger charge is -2.32. The first-order chi connectivity index (χ1) is 7.24. The van der Waals surface area contributed by atoms with E-state index in [1.165, 1.54) is 37.3 Å². The van der Waals surface area contributed by atoms with Gasteiger partial charge in [0.15, 0.2) is 0 Å². The average Bonchev–Trinajstić information content (AvgIpc) is 2.22. The number of aromatic nitrogens is 1. The maximum atomic E-state index is 4.23. The SMILES string of the molecule is Cc1cncc(CN2CCN(C)CC2)c1. The van der Waals surface area contributed by atoms with Crippen LogP contribution in [0.15, 0.2) is 18.5 Å². The van der Waals surface area contributed by atoms with E-state index in [4.69, 9.17) is 0 Å². The molecular weight excluding hydrogens is 186 g/mol. The van der Waals surface area contributed by atoms with E-state index in [1.807, 2.05) is 12.4 Å². The highest BCUT2D eigenvalue weighted by atomic mass is 15.2. The Morgan fingerprint density at radius 3 is 2.60 bits per heavy atom. The molecule has 0 saturated carbocycles. The van der Waals surface area contributed by atoms with E-state index in [9.17, 15) is 0 Å². The minimum absolute atomic E-state index is 1.04. The van der Waals surface area contributed by atoms with Crippen LogP contribution >= 0.6 is 0 Å². The van der Waals surface area contributed by atoms with Gasteiger partial charge in [-0.05, 0) is 25.1 Å². The Morgan fingerprint density at radius 1 is 1.20 bits per heavy atom. The normalized spacial score (nSPS) is 19.3. The molecule has 82 valence electrons. The molecule has 0 spiro atoms. The maximum Gasteiger partial charge on any atom is 0.0313 e. The predicted molar refractivity (Wildman–Crippen MR) is 61.7 cm³/mol. The molecule has 0 amide bonds. The molecule has 0 bridgehead atoms. The molecule has 1 saturated heterocycles. The average molecular weight is 205 g/mol. The van der Waals surface area contributed by atoms with E-state index in [2.05, 4.69) is 34.8 Å². The van der Waals surface area contributed by atoms with Crippen LogP contribution in [0.25, 0.3) is 0 Å². The van der Waals surface area contributed by atoms with Gasteiger partial charge in [-0.25, -0.2) is 0 Å². The summed E-state index contributed by atoms with van der Waals surface area (Å²) in [6.07, 6.45) is 3.89. The lowest BCUT2D eigenvalue weighted by atomic mass is 10.2. The third-order valence-corrected chi connectivity index (χ3v) is 2.93. The first-order valence-electron chi connectivity index (χ1n) is 5.55. The van der Waals surface area contributed by atoms with Gasteiger partial charge in [0.25, 0.3) is 0 Å². The van der Waals surface area contributed by atoms with E-state index >= 15 is 0 Å². The summed E-state index contributed by atoms with van der Waals surface area (Å²) in [7, 11) is 2.19. The van der Waals surface area contributed by atoms with Crippen molar-refractivity contribution < 1.29 is 0 Å². The van der Waals surface area contributed by atoms with Gasteiger partial charge in [0.2, 0.25) is 0 Å². The van der Waals surface area contributed by atoms with Crippen molar-refractivity contribution in [1.82, 2.24) is 14.8 Å². The van der Waals surface area contributed by atoms with Gasteiger partial charge in [-0.15, -0.1) is 0 Å². The summed E-state index contributed by atoms with van der Waals surface area (Å²) in [5.74, 6) is 0. The van der Waals surface area contributed by atoms with Crippen molar-refractivity contribution in [2.24, 2.45) is 0 Å². The summed E-state index contributed by atoms with van der Waals surface area (Å²) in [5, 5.41) is 0. The highest BCUT2D eigenvalue weighted by Crippen LogP contribution is 2.07. The molecule has 2 rings (SSSR count). The van der Waals surface area contributed by atoms with Crippen LogP contribution in [-0.4, -0.2) is 48.0 Å². The fourth-order valence-corrected chi connectivity index (χ4v) is 1.97. The number of aryl methyl sites for hydroxylation is 1. The first-order valence-corrected chi connectivity index (χ1v) is 5.55. The lowest BCUT2D eigenvalue weighted by Crippen LogP contribution is -2.43. The van der Waals surface area contributed by atoms with Gasteiger partial charge >= 0.3 is 0 Å². The van der Waals surface area contributed by atoms with E-state index in [1.54, 1.807) is 0 Å². The number of hydrogen-bond acceptors (Lipinski definition) is 3. The summed E-state index contributed by atoms with van der Waals surface area (Å²) in [4.78, 5) is 9.10. The third-order valence-electron chi connectivity index (χ3n) is 2.93. The first kappa shape index (κ1) is 10.6. The van der Waals surface area contributed by atoms with Crippen molar-refractivity contribution >= 4 is 0 Å². The van der Waals surface area contributed by atoms with Crippen LogP contribution in [0.5, 0.6) is 0 Å². The second kappa shape index (κ2) is 4.73. The molecule has 1 aromatic rings. The molecule has 2 heterocycles. The molecule has 0 aromatic carbocycles. The van der Waals surface area contributed by atoms with Crippen LogP contribution in [0.1, 0.15) is 11.1 Å². The fraction of sp³-hybridized carbons (Fsp3) is 0.583. The van der Waals surface area contributed by atoms with Gasteiger partial charge in [0.1, 0.15) is 0 Å². The van der Waals surface area contributed by atoms with E-state index < -0.39 is 0 Å². The Bertz CT molecular complexity index is 316. The number of piperazine rings is 1. The zero-order valence-electron chi connectivity index (χ0n) is 9.61. The number of rotatable bonds is 2. The van der Waals surface area contributed by atoms with Crippen LogP contribution < -0.4 is 0 Å². The molecule has 0 aliphatic carbocycles. The van der Waals surface area contributed by atoms with Crippen LogP contribution in [0, 0.1) is 6.92 Å². The molecule has 3 heteroatoms. The van der Waals surface area contributed by atoms with Crippen LogP contribution in [0.3, 0.4) is 0 Å². The van der Waals surface area contributed by atoms with Gasteiger partial charge in [-0.3, -0.25) is 9.88 Å². The van der Waals surface area contributed by atoms with Crippen molar-refractivity contribution in [2.75, 3.05) is 33.2 Å². The van der Waals surface area contributed by atoms with Gasteiger partial charge in [-0.1, -0.05) is 6.07 Å². The fourth-order valence-electron chi connectivity index (χ4n) is 1.97. The van der Waals surface area contributed by atoms with Gasteiger partial charge < -0.3 is 4.90 Å². The highest BCUT2D eigenvalue weighted by molar-refractivity contribution is 5.16. The number of hydrogen-bond donors (Lipinski definition) is 0. The molecule has 1 aliphatic rings. The Labute approximate surface area is 91.7 Å². The second-order valence-corrected chi connectivity index (χ2v) is 4.45. The summed E-state index contributed by atoms with van der Waals surface area (Å²) in [6.45, 7) is 7.84. The minimum Gasteiger partial charge on any atom is -0.304 e. The van der Waals surface area contributed by atoms with E-state index in [-0.39, 0.29) is 0 Å². The van der Waals surface area contributed by atoms with Gasteiger partial charge in [-0.2, -0.15) is 0 Å². The highest BCUT2D eigenvalue weighted by Gasteiger charge is 2.13. The van der Waals surface area contributed by atoms with Crippen molar-refractivity contribution in [3.05, 3.63) is 29.6 Å². The Kier molecular flexibility index (Phi) is 3.34. The quantitative estimate of drug-likeness (QED) is 0.721.